The summed E-state index contributed by atoms with van der Waals surface area (Å²) in [6, 6.07) is 1.40. The Balaban J connectivity index is 2.50. The van der Waals surface area contributed by atoms with Gasteiger partial charge in [-0.05, 0) is 18.8 Å². The van der Waals surface area contributed by atoms with Crippen LogP contribution < -0.4 is 5.32 Å². The van der Waals surface area contributed by atoms with E-state index in [4.69, 9.17) is 0 Å². The van der Waals surface area contributed by atoms with Gasteiger partial charge in [0.15, 0.2) is 0 Å². The van der Waals surface area contributed by atoms with Crippen molar-refractivity contribution in [1.29, 1.82) is 0 Å². The number of nitrogens with one attached hydrogen (secondary N) is 1. The van der Waals surface area contributed by atoms with E-state index in [9.17, 15) is 0 Å². The van der Waals surface area contributed by atoms with Crippen molar-refractivity contribution in [3.63, 3.8) is 0 Å². The largest absolute Gasteiger partial charge is 0.311 e. The first-order valence-corrected chi connectivity index (χ1v) is 6.81. The van der Waals surface area contributed by atoms with Crippen LogP contribution in [0.2, 0.25) is 0 Å². The van der Waals surface area contributed by atoms with Crippen LogP contribution in [0.15, 0.2) is 12.7 Å². The molecule has 94 valence electrons. The zero-order valence-corrected chi connectivity index (χ0v) is 11.2. The van der Waals surface area contributed by atoms with Crippen LogP contribution in [-0.2, 0) is 0 Å². The van der Waals surface area contributed by atoms with Gasteiger partial charge in [0.1, 0.15) is 0 Å². The standard InChI is InChI=1S/C14H28N2/c1-5-8-9-16-11-14(12(4)6-2)15-10-13(16)7-3/h5,12-15H,1,6-11H2,2-4H3. The van der Waals surface area contributed by atoms with Gasteiger partial charge >= 0.3 is 0 Å². The molecule has 0 radical (unpaired) electrons. The number of hydrogen-bond donors (Lipinski definition) is 1. The van der Waals surface area contributed by atoms with E-state index in [-0.39, 0.29) is 0 Å². The van der Waals surface area contributed by atoms with Crippen LogP contribution in [0, 0.1) is 5.92 Å². The molecule has 1 saturated heterocycles. The van der Waals surface area contributed by atoms with E-state index in [0.29, 0.717) is 6.04 Å². The van der Waals surface area contributed by atoms with Crippen molar-refractivity contribution >= 4 is 0 Å². The van der Waals surface area contributed by atoms with Gasteiger partial charge in [-0.1, -0.05) is 33.3 Å². The van der Waals surface area contributed by atoms with Crippen LogP contribution >= 0.6 is 0 Å². The second kappa shape index (κ2) is 7.08. The summed E-state index contributed by atoms with van der Waals surface area (Å²) in [7, 11) is 0. The van der Waals surface area contributed by atoms with Gasteiger partial charge in [-0.2, -0.15) is 0 Å². The zero-order valence-electron chi connectivity index (χ0n) is 11.2. The molecule has 3 atom stereocenters. The van der Waals surface area contributed by atoms with E-state index in [1.807, 2.05) is 6.08 Å². The van der Waals surface area contributed by atoms with E-state index >= 15 is 0 Å². The van der Waals surface area contributed by atoms with Gasteiger partial charge in [-0.25, -0.2) is 0 Å². The molecule has 0 aliphatic carbocycles. The summed E-state index contributed by atoms with van der Waals surface area (Å²) in [5.41, 5.74) is 0. The van der Waals surface area contributed by atoms with Gasteiger partial charge in [0, 0.05) is 31.7 Å². The third-order valence-corrected chi connectivity index (χ3v) is 3.99. The minimum absolute atomic E-state index is 0.678. The molecule has 0 bridgehead atoms. The zero-order chi connectivity index (χ0) is 12.0. The molecular formula is C14H28N2. The first-order valence-electron chi connectivity index (χ1n) is 6.81. The molecule has 0 amide bonds. The summed E-state index contributed by atoms with van der Waals surface area (Å²) in [6.07, 6.45) is 5.66. The smallest absolute Gasteiger partial charge is 0.0221 e. The summed E-state index contributed by atoms with van der Waals surface area (Å²) < 4.78 is 0. The van der Waals surface area contributed by atoms with Crippen LogP contribution in [0.25, 0.3) is 0 Å². The number of rotatable bonds is 6. The predicted molar refractivity (Wildman–Crippen MR) is 71.7 cm³/mol. The van der Waals surface area contributed by atoms with Crippen molar-refractivity contribution in [1.82, 2.24) is 10.2 Å². The predicted octanol–water partition coefficient (Wildman–Crippen LogP) is 2.66. The Kier molecular flexibility index (Phi) is 6.07. The number of hydrogen-bond acceptors (Lipinski definition) is 2. The SMILES string of the molecule is C=CCCN1CC(C(C)CC)NCC1CC. The van der Waals surface area contributed by atoms with Crippen molar-refractivity contribution in [3.8, 4) is 0 Å². The maximum atomic E-state index is 3.82. The van der Waals surface area contributed by atoms with E-state index in [2.05, 4.69) is 37.6 Å². The Bertz CT molecular complexity index is 203. The molecule has 2 nitrogen and oxygen atoms in total. The molecule has 1 rings (SSSR count). The van der Waals surface area contributed by atoms with Crippen molar-refractivity contribution in [2.75, 3.05) is 19.6 Å². The minimum atomic E-state index is 0.678. The maximum absolute atomic E-state index is 3.82. The van der Waals surface area contributed by atoms with Crippen LogP contribution in [-0.4, -0.2) is 36.6 Å². The fraction of sp³-hybridized carbons (Fsp3) is 0.857. The summed E-state index contributed by atoms with van der Waals surface area (Å²) in [4.78, 5) is 2.65. The van der Waals surface area contributed by atoms with Gasteiger partial charge in [-0.15, -0.1) is 6.58 Å². The first kappa shape index (κ1) is 13.7. The fourth-order valence-corrected chi connectivity index (χ4v) is 2.48. The minimum Gasteiger partial charge on any atom is -0.311 e. The van der Waals surface area contributed by atoms with Gasteiger partial charge in [0.05, 0.1) is 0 Å². The third-order valence-electron chi connectivity index (χ3n) is 3.99. The molecule has 1 aliphatic rings. The van der Waals surface area contributed by atoms with Crippen molar-refractivity contribution in [3.05, 3.63) is 12.7 Å². The van der Waals surface area contributed by atoms with Gasteiger partial charge in [0.25, 0.3) is 0 Å². The molecule has 0 aromatic carbocycles. The highest BCUT2D eigenvalue weighted by Crippen LogP contribution is 2.17. The summed E-state index contributed by atoms with van der Waals surface area (Å²) in [5, 5.41) is 3.71. The highest BCUT2D eigenvalue weighted by molar-refractivity contribution is 4.88. The average Bonchev–Trinajstić information content (AvgIpc) is 2.34. The van der Waals surface area contributed by atoms with E-state index < -0.39 is 0 Å². The second-order valence-corrected chi connectivity index (χ2v) is 5.03. The molecule has 1 aliphatic heterocycles. The summed E-state index contributed by atoms with van der Waals surface area (Å²) in [6.45, 7) is 14.3. The lowest BCUT2D eigenvalue weighted by Crippen LogP contribution is -2.58. The molecule has 0 saturated carbocycles. The lowest BCUT2D eigenvalue weighted by Gasteiger charge is -2.42. The number of nitrogens with zero attached hydrogens (tertiary/aromatic N) is 1. The van der Waals surface area contributed by atoms with Gasteiger partial charge < -0.3 is 5.32 Å². The van der Waals surface area contributed by atoms with Crippen LogP contribution in [0.4, 0.5) is 0 Å². The van der Waals surface area contributed by atoms with E-state index in [1.54, 1.807) is 0 Å². The molecule has 1 N–H and O–H groups in total. The van der Waals surface area contributed by atoms with Crippen LogP contribution in [0.3, 0.4) is 0 Å². The second-order valence-electron chi connectivity index (χ2n) is 5.03. The van der Waals surface area contributed by atoms with Crippen molar-refractivity contribution in [2.45, 2.75) is 52.1 Å². The summed E-state index contributed by atoms with van der Waals surface area (Å²) in [5.74, 6) is 0.782. The molecule has 0 aromatic heterocycles. The van der Waals surface area contributed by atoms with E-state index in [0.717, 1.165) is 24.9 Å². The Morgan fingerprint density at radius 1 is 1.50 bits per heavy atom. The topological polar surface area (TPSA) is 15.3 Å². The third kappa shape index (κ3) is 3.60. The molecule has 0 spiro atoms. The maximum Gasteiger partial charge on any atom is 0.0221 e. The monoisotopic (exact) mass is 224 g/mol. The van der Waals surface area contributed by atoms with E-state index in [1.165, 1.54) is 25.9 Å². The summed E-state index contributed by atoms with van der Waals surface area (Å²) >= 11 is 0. The molecule has 2 heteroatoms. The average molecular weight is 224 g/mol. The highest BCUT2D eigenvalue weighted by atomic mass is 15.2. The molecule has 1 heterocycles. The van der Waals surface area contributed by atoms with Crippen molar-refractivity contribution < 1.29 is 0 Å². The van der Waals surface area contributed by atoms with Crippen molar-refractivity contribution in [2.24, 2.45) is 5.92 Å². The van der Waals surface area contributed by atoms with Crippen LogP contribution in [0.5, 0.6) is 0 Å². The lowest BCUT2D eigenvalue weighted by atomic mass is 9.95. The molecule has 1 fully saturated rings. The van der Waals surface area contributed by atoms with Gasteiger partial charge in [-0.3, -0.25) is 4.90 Å². The highest BCUT2D eigenvalue weighted by Gasteiger charge is 2.28. The Hall–Kier alpha value is -0.340. The van der Waals surface area contributed by atoms with Gasteiger partial charge in [0.2, 0.25) is 0 Å². The molecule has 16 heavy (non-hydrogen) atoms. The Morgan fingerprint density at radius 3 is 2.81 bits per heavy atom. The molecule has 3 unspecified atom stereocenters. The Morgan fingerprint density at radius 2 is 2.25 bits per heavy atom. The molecule has 0 aromatic rings. The van der Waals surface area contributed by atoms with Crippen LogP contribution in [0.1, 0.15) is 40.0 Å². The fourth-order valence-electron chi connectivity index (χ4n) is 2.48. The number of piperazine rings is 1. The first-order chi connectivity index (χ1) is 7.72. The Labute approximate surface area is 101 Å². The molecular weight excluding hydrogens is 196 g/mol. The quantitative estimate of drug-likeness (QED) is 0.698. The normalized spacial score (nSPS) is 28.9. The lowest BCUT2D eigenvalue weighted by molar-refractivity contribution is 0.108.